The highest BCUT2D eigenvalue weighted by atomic mass is 79.9. The van der Waals surface area contributed by atoms with Crippen LogP contribution in [0, 0.1) is 5.82 Å². The number of amides is 1. The second-order valence-electron chi connectivity index (χ2n) is 4.77. The van der Waals surface area contributed by atoms with Crippen molar-refractivity contribution in [3.05, 3.63) is 28.5 Å². The molecule has 0 aromatic heterocycles. The zero-order chi connectivity index (χ0) is 14.5. The molecule has 0 aliphatic rings. The first-order valence-corrected chi connectivity index (χ1v) is 6.63. The van der Waals surface area contributed by atoms with Crippen LogP contribution < -0.4 is 10.1 Å². The monoisotopic (exact) mass is 333 g/mol. The molecule has 0 saturated heterocycles. The second kappa shape index (κ2) is 6.86. The normalized spacial score (nSPS) is 11.2. The standard InChI is InChI=1S/C13H17BrFNO3/c1-13(2,5-6-17)16-12(18)8-19-11-4-3-9(14)7-10(11)15/h3-4,7,17H,5-6,8H2,1-2H3,(H,16,18). The minimum absolute atomic E-state index is 0.0184. The summed E-state index contributed by atoms with van der Waals surface area (Å²) < 4.78 is 19.1. The van der Waals surface area contributed by atoms with Gasteiger partial charge in [0.2, 0.25) is 0 Å². The maximum absolute atomic E-state index is 13.4. The van der Waals surface area contributed by atoms with Crippen LogP contribution in [0.2, 0.25) is 0 Å². The topological polar surface area (TPSA) is 58.6 Å². The third kappa shape index (κ3) is 5.57. The molecule has 0 aliphatic heterocycles. The predicted octanol–water partition coefficient (Wildman–Crippen LogP) is 2.24. The summed E-state index contributed by atoms with van der Waals surface area (Å²) in [5.41, 5.74) is -0.520. The van der Waals surface area contributed by atoms with Gasteiger partial charge in [-0.15, -0.1) is 0 Å². The van der Waals surface area contributed by atoms with Crippen molar-refractivity contribution >= 4 is 21.8 Å². The molecule has 6 heteroatoms. The summed E-state index contributed by atoms with van der Waals surface area (Å²) in [5.74, 6) is -0.865. The van der Waals surface area contributed by atoms with Crippen molar-refractivity contribution in [3.8, 4) is 5.75 Å². The molecule has 0 unspecified atom stereocenters. The van der Waals surface area contributed by atoms with Crippen molar-refractivity contribution in [1.29, 1.82) is 0 Å². The molecule has 1 rings (SSSR count). The van der Waals surface area contributed by atoms with Crippen LogP contribution in [0.1, 0.15) is 20.3 Å². The van der Waals surface area contributed by atoms with Gasteiger partial charge in [-0.05, 0) is 38.5 Å². The first kappa shape index (κ1) is 15.9. The maximum Gasteiger partial charge on any atom is 0.258 e. The van der Waals surface area contributed by atoms with E-state index in [1.165, 1.54) is 12.1 Å². The Hall–Kier alpha value is -1.14. The molecular weight excluding hydrogens is 317 g/mol. The Morgan fingerprint density at radius 3 is 2.79 bits per heavy atom. The van der Waals surface area contributed by atoms with Gasteiger partial charge < -0.3 is 15.2 Å². The number of halogens is 2. The summed E-state index contributed by atoms with van der Waals surface area (Å²) in [6.45, 7) is 3.30. The van der Waals surface area contributed by atoms with Crippen LogP contribution >= 0.6 is 15.9 Å². The van der Waals surface area contributed by atoms with Crippen LogP contribution in [0.3, 0.4) is 0 Å². The summed E-state index contributed by atoms with van der Waals surface area (Å²) in [6.07, 6.45) is 0.436. The Bertz CT molecular complexity index is 452. The third-order valence-corrected chi connectivity index (χ3v) is 2.96. The van der Waals surface area contributed by atoms with Gasteiger partial charge in [0.1, 0.15) is 0 Å². The molecule has 19 heavy (non-hydrogen) atoms. The van der Waals surface area contributed by atoms with Crippen molar-refractivity contribution < 1.29 is 19.0 Å². The number of aliphatic hydroxyl groups excluding tert-OH is 1. The number of hydrogen-bond acceptors (Lipinski definition) is 3. The lowest BCUT2D eigenvalue weighted by Crippen LogP contribution is -2.46. The molecule has 0 atom stereocenters. The molecule has 4 nitrogen and oxygen atoms in total. The molecule has 0 radical (unpaired) electrons. The van der Waals surface area contributed by atoms with E-state index in [9.17, 15) is 9.18 Å². The lowest BCUT2D eigenvalue weighted by Gasteiger charge is -2.25. The van der Waals surface area contributed by atoms with E-state index >= 15 is 0 Å². The van der Waals surface area contributed by atoms with Crippen LogP contribution in [0.25, 0.3) is 0 Å². The van der Waals surface area contributed by atoms with Crippen LogP contribution in [0.15, 0.2) is 22.7 Å². The third-order valence-electron chi connectivity index (χ3n) is 2.47. The van der Waals surface area contributed by atoms with Crippen molar-refractivity contribution in [1.82, 2.24) is 5.32 Å². The number of nitrogens with one attached hydrogen (secondary N) is 1. The summed E-state index contributed by atoms with van der Waals surface area (Å²) in [6, 6.07) is 4.35. The molecule has 0 bridgehead atoms. The molecule has 0 aliphatic carbocycles. The highest BCUT2D eigenvalue weighted by molar-refractivity contribution is 9.10. The van der Waals surface area contributed by atoms with Gasteiger partial charge in [-0.1, -0.05) is 15.9 Å². The Labute approximate surface area is 120 Å². The van der Waals surface area contributed by atoms with Gasteiger partial charge in [-0.3, -0.25) is 4.79 Å². The molecule has 0 heterocycles. The largest absolute Gasteiger partial charge is 0.481 e. The van der Waals surface area contributed by atoms with E-state index in [2.05, 4.69) is 21.2 Å². The number of carbonyl (C=O) groups excluding carboxylic acids is 1. The fourth-order valence-corrected chi connectivity index (χ4v) is 1.82. The fraction of sp³-hybridized carbons (Fsp3) is 0.462. The zero-order valence-electron chi connectivity index (χ0n) is 10.9. The zero-order valence-corrected chi connectivity index (χ0v) is 12.5. The number of rotatable bonds is 6. The molecule has 1 aromatic rings. The van der Waals surface area contributed by atoms with Gasteiger partial charge in [-0.25, -0.2) is 4.39 Å². The van der Waals surface area contributed by atoms with E-state index in [4.69, 9.17) is 9.84 Å². The smallest absolute Gasteiger partial charge is 0.258 e. The van der Waals surface area contributed by atoms with Crippen LogP contribution in [0.4, 0.5) is 4.39 Å². The van der Waals surface area contributed by atoms with Crippen LogP contribution in [-0.4, -0.2) is 29.8 Å². The molecule has 0 fully saturated rings. The Kier molecular flexibility index (Phi) is 5.75. The number of hydrogen-bond donors (Lipinski definition) is 2. The molecule has 1 amide bonds. The van der Waals surface area contributed by atoms with Gasteiger partial charge >= 0.3 is 0 Å². The van der Waals surface area contributed by atoms with Crippen LogP contribution in [-0.2, 0) is 4.79 Å². The molecule has 0 spiro atoms. The number of ether oxygens (including phenoxy) is 1. The van der Waals surface area contributed by atoms with Crippen molar-refractivity contribution in [2.45, 2.75) is 25.8 Å². The molecule has 106 valence electrons. The van der Waals surface area contributed by atoms with E-state index in [-0.39, 0.29) is 24.9 Å². The van der Waals surface area contributed by atoms with E-state index in [0.29, 0.717) is 10.9 Å². The van der Waals surface area contributed by atoms with Crippen LogP contribution in [0.5, 0.6) is 5.75 Å². The van der Waals surface area contributed by atoms with Gasteiger partial charge in [0, 0.05) is 16.6 Å². The average molecular weight is 334 g/mol. The van der Waals surface area contributed by atoms with Gasteiger partial charge in [0.05, 0.1) is 0 Å². The average Bonchev–Trinajstić information content (AvgIpc) is 2.26. The van der Waals surface area contributed by atoms with Crippen molar-refractivity contribution in [3.63, 3.8) is 0 Å². The predicted molar refractivity (Wildman–Crippen MR) is 73.5 cm³/mol. The van der Waals surface area contributed by atoms with E-state index in [1.54, 1.807) is 19.9 Å². The Morgan fingerprint density at radius 2 is 2.21 bits per heavy atom. The maximum atomic E-state index is 13.4. The lowest BCUT2D eigenvalue weighted by atomic mass is 10.0. The minimum atomic E-state index is -0.531. The van der Waals surface area contributed by atoms with Crippen molar-refractivity contribution in [2.24, 2.45) is 0 Å². The van der Waals surface area contributed by atoms with Gasteiger partial charge in [-0.2, -0.15) is 0 Å². The molecule has 2 N–H and O–H groups in total. The van der Waals surface area contributed by atoms with Gasteiger partial charge in [0.25, 0.3) is 5.91 Å². The number of aliphatic hydroxyl groups is 1. The number of benzene rings is 1. The summed E-state index contributed by atoms with van der Waals surface area (Å²) in [4.78, 5) is 11.6. The second-order valence-corrected chi connectivity index (χ2v) is 5.68. The molecule has 1 aromatic carbocycles. The molecule has 0 saturated carbocycles. The van der Waals surface area contributed by atoms with E-state index in [0.717, 1.165) is 0 Å². The van der Waals surface area contributed by atoms with E-state index < -0.39 is 11.4 Å². The Morgan fingerprint density at radius 1 is 1.53 bits per heavy atom. The van der Waals surface area contributed by atoms with Gasteiger partial charge in [0.15, 0.2) is 18.2 Å². The van der Waals surface area contributed by atoms with Crippen molar-refractivity contribution in [2.75, 3.05) is 13.2 Å². The lowest BCUT2D eigenvalue weighted by molar-refractivity contribution is -0.124. The van der Waals surface area contributed by atoms with E-state index in [1.807, 2.05) is 0 Å². The SMILES string of the molecule is CC(C)(CCO)NC(=O)COc1ccc(Br)cc1F. The quantitative estimate of drug-likeness (QED) is 0.839. The first-order chi connectivity index (χ1) is 8.84. The fourth-order valence-electron chi connectivity index (χ4n) is 1.49. The Balaban J connectivity index is 2.50. The highest BCUT2D eigenvalue weighted by Gasteiger charge is 2.20. The summed E-state index contributed by atoms with van der Waals surface area (Å²) in [5, 5.41) is 11.6. The number of carbonyl (C=O) groups is 1. The summed E-state index contributed by atoms with van der Waals surface area (Å²) in [7, 11) is 0. The molecular formula is C13H17BrFNO3. The summed E-state index contributed by atoms with van der Waals surface area (Å²) >= 11 is 3.13. The highest BCUT2D eigenvalue weighted by Crippen LogP contribution is 2.21. The first-order valence-electron chi connectivity index (χ1n) is 5.84. The minimum Gasteiger partial charge on any atom is -0.481 e.